The minimum Gasteiger partial charge on any atom is -0.398 e. The molecule has 17 heavy (non-hydrogen) atoms. The first kappa shape index (κ1) is 14.4. The lowest BCUT2D eigenvalue weighted by atomic mass is 9.82. The predicted octanol–water partition coefficient (Wildman–Crippen LogP) is 4.93. The number of benzene rings is 1. The highest BCUT2D eigenvalue weighted by Crippen LogP contribution is 2.39. The van der Waals surface area contributed by atoms with Gasteiger partial charge in [0, 0.05) is 10.6 Å². The molecular formula is C15H25NS. The van der Waals surface area contributed by atoms with Crippen molar-refractivity contribution in [2.45, 2.75) is 64.2 Å². The lowest BCUT2D eigenvalue weighted by Gasteiger charge is -2.25. The van der Waals surface area contributed by atoms with E-state index in [2.05, 4.69) is 60.2 Å². The summed E-state index contributed by atoms with van der Waals surface area (Å²) in [4.78, 5) is 0.918. The van der Waals surface area contributed by atoms with Crippen LogP contribution in [0.15, 0.2) is 11.0 Å². The van der Waals surface area contributed by atoms with Gasteiger partial charge in [0.25, 0.3) is 0 Å². The van der Waals surface area contributed by atoms with Gasteiger partial charge in [0.15, 0.2) is 0 Å². The second kappa shape index (κ2) is 5.34. The van der Waals surface area contributed by atoms with Crippen LogP contribution in [-0.4, -0.2) is 0 Å². The van der Waals surface area contributed by atoms with Crippen molar-refractivity contribution in [2.24, 2.45) is 0 Å². The summed E-state index contributed by atoms with van der Waals surface area (Å²) in [5.74, 6) is 1.45. The summed E-state index contributed by atoms with van der Waals surface area (Å²) in [5, 5.41) is 0. The van der Waals surface area contributed by atoms with Gasteiger partial charge < -0.3 is 5.73 Å². The third-order valence-corrected chi connectivity index (χ3v) is 3.61. The number of nitrogen functional groups attached to an aromatic ring is 1. The monoisotopic (exact) mass is 251 g/mol. The fourth-order valence-corrected chi connectivity index (χ4v) is 2.74. The van der Waals surface area contributed by atoms with Crippen LogP contribution >= 0.6 is 12.6 Å². The highest BCUT2D eigenvalue weighted by molar-refractivity contribution is 7.80. The molecule has 0 saturated carbocycles. The molecule has 0 unspecified atom stereocenters. The molecule has 1 nitrogen and oxygen atoms in total. The maximum Gasteiger partial charge on any atom is 0.0487 e. The fraction of sp³-hybridized carbons (Fsp3) is 0.600. The van der Waals surface area contributed by atoms with Crippen molar-refractivity contribution in [2.75, 3.05) is 5.73 Å². The van der Waals surface area contributed by atoms with Gasteiger partial charge in [-0.05, 0) is 40.5 Å². The molecule has 96 valence electrons. The molecule has 2 N–H and O–H groups in total. The molecule has 0 fully saturated rings. The average Bonchev–Trinajstić information content (AvgIpc) is 2.19. The summed E-state index contributed by atoms with van der Waals surface area (Å²) < 4.78 is 0. The van der Waals surface area contributed by atoms with Gasteiger partial charge in [0.05, 0.1) is 0 Å². The molecule has 0 aliphatic heterocycles. The first-order chi connectivity index (χ1) is 7.77. The topological polar surface area (TPSA) is 26.0 Å². The normalized spacial score (nSPS) is 11.9. The van der Waals surface area contributed by atoms with Crippen molar-refractivity contribution in [3.63, 3.8) is 0 Å². The number of hydrogen-bond acceptors (Lipinski definition) is 2. The van der Waals surface area contributed by atoms with E-state index < -0.39 is 0 Å². The van der Waals surface area contributed by atoms with Crippen molar-refractivity contribution in [3.05, 3.63) is 22.8 Å². The van der Waals surface area contributed by atoms with Crippen molar-refractivity contribution in [1.29, 1.82) is 0 Å². The zero-order chi connectivity index (χ0) is 13.3. The average molecular weight is 251 g/mol. The van der Waals surface area contributed by atoms with Crippen molar-refractivity contribution in [3.8, 4) is 0 Å². The molecule has 0 heterocycles. The summed E-state index contributed by atoms with van der Waals surface area (Å²) in [6, 6.07) is 2.14. The SMILES string of the molecule is CC(C)c1cc(S)c(N)c(C(C)C)c1C(C)C. The van der Waals surface area contributed by atoms with Crippen LogP contribution in [0.1, 0.15) is 76.0 Å². The maximum atomic E-state index is 6.21. The van der Waals surface area contributed by atoms with E-state index in [1.807, 2.05) is 0 Å². The van der Waals surface area contributed by atoms with E-state index in [9.17, 15) is 0 Å². The Bertz CT molecular complexity index is 406. The van der Waals surface area contributed by atoms with Crippen LogP contribution in [0.5, 0.6) is 0 Å². The van der Waals surface area contributed by atoms with Gasteiger partial charge in [-0.15, -0.1) is 12.6 Å². The Kier molecular flexibility index (Phi) is 4.54. The van der Waals surface area contributed by atoms with Crippen molar-refractivity contribution < 1.29 is 0 Å². The van der Waals surface area contributed by atoms with E-state index in [4.69, 9.17) is 5.73 Å². The van der Waals surface area contributed by atoms with E-state index in [1.165, 1.54) is 16.7 Å². The number of nitrogens with two attached hydrogens (primary N) is 1. The Morgan fingerprint density at radius 1 is 0.882 bits per heavy atom. The van der Waals surface area contributed by atoms with Gasteiger partial charge in [-0.25, -0.2) is 0 Å². The third kappa shape index (κ3) is 2.79. The summed E-state index contributed by atoms with van der Waals surface area (Å²) in [6.45, 7) is 13.3. The van der Waals surface area contributed by atoms with E-state index in [0.717, 1.165) is 10.6 Å². The maximum absolute atomic E-state index is 6.21. The van der Waals surface area contributed by atoms with Crippen LogP contribution in [0.4, 0.5) is 5.69 Å². The molecule has 0 spiro atoms. The van der Waals surface area contributed by atoms with E-state index >= 15 is 0 Å². The molecule has 0 amide bonds. The smallest absolute Gasteiger partial charge is 0.0487 e. The Morgan fingerprint density at radius 3 is 1.71 bits per heavy atom. The lowest BCUT2D eigenvalue weighted by molar-refractivity contribution is 0.746. The molecule has 1 aromatic carbocycles. The summed E-state index contributed by atoms with van der Waals surface area (Å²) in [6.07, 6.45) is 0. The molecule has 2 heteroatoms. The Hall–Kier alpha value is -0.630. The van der Waals surface area contributed by atoms with Gasteiger partial charge in [0.2, 0.25) is 0 Å². The first-order valence-electron chi connectivity index (χ1n) is 6.42. The minimum atomic E-state index is 0.442. The van der Waals surface area contributed by atoms with Crippen LogP contribution < -0.4 is 5.73 Å². The first-order valence-corrected chi connectivity index (χ1v) is 6.87. The van der Waals surface area contributed by atoms with Crippen molar-refractivity contribution in [1.82, 2.24) is 0 Å². The zero-order valence-electron chi connectivity index (χ0n) is 11.8. The quantitative estimate of drug-likeness (QED) is 0.578. The fourth-order valence-electron chi connectivity index (χ4n) is 2.49. The molecule has 0 atom stereocenters. The number of thiol groups is 1. The van der Waals surface area contributed by atoms with Crippen LogP contribution in [0.2, 0.25) is 0 Å². The number of anilines is 1. The molecule has 0 aliphatic rings. The number of rotatable bonds is 3. The molecule has 0 aromatic heterocycles. The van der Waals surface area contributed by atoms with E-state index in [0.29, 0.717) is 17.8 Å². The third-order valence-electron chi connectivity index (χ3n) is 3.24. The van der Waals surface area contributed by atoms with Crippen molar-refractivity contribution >= 4 is 18.3 Å². The van der Waals surface area contributed by atoms with Gasteiger partial charge in [-0.2, -0.15) is 0 Å². The van der Waals surface area contributed by atoms with Gasteiger partial charge in [0.1, 0.15) is 0 Å². The zero-order valence-corrected chi connectivity index (χ0v) is 12.7. The van der Waals surface area contributed by atoms with E-state index in [1.54, 1.807) is 0 Å². The van der Waals surface area contributed by atoms with Gasteiger partial charge in [-0.1, -0.05) is 41.5 Å². The highest BCUT2D eigenvalue weighted by Gasteiger charge is 2.20. The van der Waals surface area contributed by atoms with Crippen LogP contribution in [0.3, 0.4) is 0 Å². The molecule has 0 aliphatic carbocycles. The number of hydrogen-bond donors (Lipinski definition) is 2. The highest BCUT2D eigenvalue weighted by atomic mass is 32.1. The lowest BCUT2D eigenvalue weighted by Crippen LogP contribution is -2.09. The van der Waals surface area contributed by atoms with Gasteiger partial charge in [-0.3, -0.25) is 0 Å². The second-order valence-electron chi connectivity index (χ2n) is 5.69. The predicted molar refractivity (Wildman–Crippen MR) is 80.4 cm³/mol. The molecule has 0 saturated heterocycles. The molecule has 1 rings (SSSR count). The molecule has 1 aromatic rings. The largest absolute Gasteiger partial charge is 0.398 e. The molecule has 0 radical (unpaired) electrons. The Morgan fingerprint density at radius 2 is 1.35 bits per heavy atom. The van der Waals surface area contributed by atoms with E-state index in [-0.39, 0.29) is 0 Å². The van der Waals surface area contributed by atoms with Gasteiger partial charge >= 0.3 is 0 Å². The summed E-state index contributed by atoms with van der Waals surface area (Å²) in [5.41, 5.74) is 11.2. The summed E-state index contributed by atoms with van der Waals surface area (Å²) in [7, 11) is 0. The minimum absolute atomic E-state index is 0.442. The standard InChI is InChI=1S/C15H25NS/c1-8(2)11-7-12(17)15(16)14(10(5)6)13(11)9(3)4/h7-10,17H,16H2,1-6H3. The summed E-state index contributed by atoms with van der Waals surface area (Å²) >= 11 is 4.52. The molecular weight excluding hydrogens is 226 g/mol. The molecule has 0 bridgehead atoms. The second-order valence-corrected chi connectivity index (χ2v) is 6.17. The van der Waals surface area contributed by atoms with Crippen LogP contribution in [0.25, 0.3) is 0 Å². The van der Waals surface area contributed by atoms with Crippen LogP contribution in [-0.2, 0) is 0 Å². The Balaban J connectivity index is 3.64. The van der Waals surface area contributed by atoms with Crippen LogP contribution in [0, 0.1) is 0 Å². The Labute approximate surface area is 111 Å².